The van der Waals surface area contributed by atoms with Gasteiger partial charge in [0.25, 0.3) is 0 Å². The lowest BCUT2D eigenvalue weighted by Crippen LogP contribution is -2.20. The Kier molecular flexibility index (Phi) is 3.52. The second-order valence-corrected chi connectivity index (χ2v) is 5.82. The Morgan fingerprint density at radius 3 is 2.89 bits per heavy atom. The fourth-order valence-corrected chi connectivity index (χ4v) is 3.47. The molecule has 0 saturated heterocycles. The highest BCUT2D eigenvalue weighted by atomic mass is 14.7. The zero-order chi connectivity index (χ0) is 13.2. The van der Waals surface area contributed by atoms with Crippen molar-refractivity contribution < 1.29 is 0 Å². The van der Waals surface area contributed by atoms with Crippen molar-refractivity contribution in [1.82, 2.24) is 4.98 Å². The minimum atomic E-state index is 0.134. The van der Waals surface area contributed by atoms with Crippen LogP contribution in [0.2, 0.25) is 0 Å². The van der Waals surface area contributed by atoms with Crippen molar-refractivity contribution in [2.45, 2.75) is 38.6 Å². The predicted molar refractivity (Wildman–Crippen MR) is 79.8 cm³/mol. The van der Waals surface area contributed by atoms with Gasteiger partial charge < -0.3 is 5.73 Å². The van der Waals surface area contributed by atoms with Gasteiger partial charge in [0.15, 0.2) is 0 Å². The molecule has 0 radical (unpaired) electrons. The Balaban J connectivity index is 1.92. The summed E-state index contributed by atoms with van der Waals surface area (Å²) in [6, 6.07) is 8.56. The minimum absolute atomic E-state index is 0.134. The smallest absolute Gasteiger partial charge is 0.0346 e. The van der Waals surface area contributed by atoms with Gasteiger partial charge >= 0.3 is 0 Å². The van der Waals surface area contributed by atoms with Crippen molar-refractivity contribution in [3.05, 3.63) is 42.2 Å². The Bertz CT molecular complexity index is 559. The van der Waals surface area contributed by atoms with Crippen LogP contribution < -0.4 is 5.73 Å². The summed E-state index contributed by atoms with van der Waals surface area (Å²) in [7, 11) is 0. The normalized spacial score (nSPS) is 24.7. The minimum Gasteiger partial charge on any atom is -0.324 e. The molecule has 1 aromatic carbocycles. The van der Waals surface area contributed by atoms with E-state index in [-0.39, 0.29) is 6.04 Å². The summed E-state index contributed by atoms with van der Waals surface area (Å²) in [5.41, 5.74) is 7.77. The van der Waals surface area contributed by atoms with E-state index in [4.69, 9.17) is 5.73 Å². The van der Waals surface area contributed by atoms with Crippen molar-refractivity contribution in [2.24, 2.45) is 17.6 Å². The average molecular weight is 254 g/mol. The third-order valence-electron chi connectivity index (χ3n) is 4.73. The van der Waals surface area contributed by atoms with Crippen molar-refractivity contribution in [2.75, 3.05) is 0 Å². The molecule has 2 nitrogen and oxygen atoms in total. The van der Waals surface area contributed by atoms with Crippen LogP contribution >= 0.6 is 0 Å². The second-order valence-electron chi connectivity index (χ2n) is 5.82. The standard InChI is InChI=1S/C17H22N2/c1-2-12-7-8-13(9-12)17(18)16-11-19-10-14-5-3-4-6-15(14)16/h3-6,10-13,17H,2,7-9,18H2,1H3. The number of aromatic nitrogens is 1. The first kappa shape index (κ1) is 12.6. The molecule has 1 saturated carbocycles. The predicted octanol–water partition coefficient (Wildman–Crippen LogP) is 4.06. The van der Waals surface area contributed by atoms with Crippen molar-refractivity contribution >= 4 is 10.8 Å². The summed E-state index contributed by atoms with van der Waals surface area (Å²) in [5.74, 6) is 1.50. The van der Waals surface area contributed by atoms with Crippen molar-refractivity contribution in [1.29, 1.82) is 0 Å². The molecular weight excluding hydrogens is 232 g/mol. The number of nitrogens with zero attached hydrogens (tertiary/aromatic N) is 1. The fourth-order valence-electron chi connectivity index (χ4n) is 3.47. The molecule has 100 valence electrons. The van der Waals surface area contributed by atoms with Gasteiger partial charge in [-0.2, -0.15) is 0 Å². The first-order valence-corrected chi connectivity index (χ1v) is 7.37. The third-order valence-corrected chi connectivity index (χ3v) is 4.73. The number of hydrogen-bond donors (Lipinski definition) is 1. The lowest BCUT2D eigenvalue weighted by Gasteiger charge is -2.21. The van der Waals surface area contributed by atoms with Crippen LogP contribution in [0, 0.1) is 11.8 Å². The van der Waals surface area contributed by atoms with Crippen molar-refractivity contribution in [3.63, 3.8) is 0 Å². The molecule has 0 bridgehead atoms. The molecule has 0 aliphatic heterocycles. The first-order valence-electron chi connectivity index (χ1n) is 7.37. The van der Waals surface area contributed by atoms with E-state index in [9.17, 15) is 0 Å². The van der Waals surface area contributed by atoms with Crippen LogP contribution in [0.1, 0.15) is 44.2 Å². The summed E-state index contributed by atoms with van der Waals surface area (Å²) in [4.78, 5) is 4.36. The molecule has 19 heavy (non-hydrogen) atoms. The van der Waals surface area contributed by atoms with Gasteiger partial charge in [-0.1, -0.05) is 44.0 Å². The third kappa shape index (κ3) is 2.37. The zero-order valence-corrected chi connectivity index (χ0v) is 11.5. The summed E-state index contributed by atoms with van der Waals surface area (Å²) < 4.78 is 0. The topological polar surface area (TPSA) is 38.9 Å². The molecule has 1 aromatic heterocycles. The van der Waals surface area contributed by atoms with Gasteiger partial charge in [-0.05, 0) is 35.6 Å². The maximum Gasteiger partial charge on any atom is 0.0346 e. The number of pyridine rings is 1. The summed E-state index contributed by atoms with van der Waals surface area (Å²) in [6.45, 7) is 2.29. The number of fused-ring (bicyclic) bond motifs is 1. The quantitative estimate of drug-likeness (QED) is 0.897. The molecule has 1 aliphatic carbocycles. The molecule has 2 N–H and O–H groups in total. The fraction of sp³-hybridized carbons (Fsp3) is 0.471. The molecule has 3 atom stereocenters. The van der Waals surface area contributed by atoms with Gasteiger partial charge in [-0.3, -0.25) is 4.98 Å². The maximum absolute atomic E-state index is 6.54. The summed E-state index contributed by atoms with van der Waals surface area (Å²) in [5, 5.41) is 2.46. The van der Waals surface area contributed by atoms with Crippen molar-refractivity contribution in [3.8, 4) is 0 Å². The molecular formula is C17H22N2. The van der Waals surface area contributed by atoms with Gasteiger partial charge in [0.05, 0.1) is 0 Å². The molecule has 3 rings (SSSR count). The van der Waals surface area contributed by atoms with Gasteiger partial charge in [0.2, 0.25) is 0 Å². The van der Waals surface area contributed by atoms with E-state index < -0.39 is 0 Å². The molecule has 0 amide bonds. The lowest BCUT2D eigenvalue weighted by molar-refractivity contribution is 0.417. The highest BCUT2D eigenvalue weighted by Gasteiger charge is 2.29. The number of hydrogen-bond acceptors (Lipinski definition) is 2. The molecule has 0 spiro atoms. The Labute approximate surface area is 115 Å². The monoisotopic (exact) mass is 254 g/mol. The van der Waals surface area contributed by atoms with E-state index in [0.29, 0.717) is 5.92 Å². The van der Waals surface area contributed by atoms with Crippen LogP contribution in [0.3, 0.4) is 0 Å². The molecule has 3 unspecified atom stereocenters. The number of rotatable bonds is 3. The van der Waals surface area contributed by atoms with Gasteiger partial charge in [-0.25, -0.2) is 0 Å². The highest BCUT2D eigenvalue weighted by Crippen LogP contribution is 2.40. The second kappa shape index (κ2) is 5.30. The highest BCUT2D eigenvalue weighted by molar-refractivity contribution is 5.85. The molecule has 1 fully saturated rings. The van der Waals surface area contributed by atoms with Crippen LogP contribution in [-0.4, -0.2) is 4.98 Å². The maximum atomic E-state index is 6.54. The molecule has 2 heteroatoms. The van der Waals surface area contributed by atoms with Gasteiger partial charge in [-0.15, -0.1) is 0 Å². The van der Waals surface area contributed by atoms with E-state index in [0.717, 1.165) is 5.92 Å². The molecule has 1 aliphatic rings. The Morgan fingerprint density at radius 1 is 1.26 bits per heavy atom. The van der Waals surface area contributed by atoms with E-state index in [1.54, 1.807) is 0 Å². The van der Waals surface area contributed by atoms with Crippen LogP contribution in [-0.2, 0) is 0 Å². The summed E-state index contributed by atoms with van der Waals surface area (Å²) >= 11 is 0. The Morgan fingerprint density at radius 2 is 2.11 bits per heavy atom. The first-order chi connectivity index (χ1) is 9.29. The number of nitrogens with two attached hydrogens (primary N) is 1. The van der Waals surface area contributed by atoms with Gasteiger partial charge in [0, 0.05) is 23.8 Å². The summed E-state index contributed by atoms with van der Waals surface area (Å²) in [6.07, 6.45) is 9.06. The average Bonchev–Trinajstić information content (AvgIpc) is 2.95. The Hall–Kier alpha value is -1.41. The van der Waals surface area contributed by atoms with Crippen LogP contribution in [0.15, 0.2) is 36.7 Å². The van der Waals surface area contributed by atoms with Crippen LogP contribution in [0.5, 0.6) is 0 Å². The van der Waals surface area contributed by atoms with E-state index in [2.05, 4.69) is 36.2 Å². The van der Waals surface area contributed by atoms with E-state index in [1.807, 2.05) is 12.4 Å². The van der Waals surface area contributed by atoms with E-state index in [1.165, 1.54) is 42.0 Å². The number of benzene rings is 1. The van der Waals surface area contributed by atoms with Gasteiger partial charge in [0.1, 0.15) is 0 Å². The molecule has 1 heterocycles. The van der Waals surface area contributed by atoms with E-state index >= 15 is 0 Å². The largest absolute Gasteiger partial charge is 0.324 e. The lowest BCUT2D eigenvalue weighted by atomic mass is 9.89. The van der Waals surface area contributed by atoms with Crippen LogP contribution in [0.4, 0.5) is 0 Å². The SMILES string of the molecule is CCC1CCC(C(N)c2cncc3ccccc23)C1. The molecule has 2 aromatic rings. The zero-order valence-electron chi connectivity index (χ0n) is 11.5. The van der Waals surface area contributed by atoms with Crippen LogP contribution in [0.25, 0.3) is 10.8 Å².